The zero-order valence-corrected chi connectivity index (χ0v) is 22.3. The summed E-state index contributed by atoms with van der Waals surface area (Å²) in [5.41, 5.74) is -1.77. The van der Waals surface area contributed by atoms with Crippen LogP contribution in [0.5, 0.6) is 5.75 Å². The number of nitrogens with zero attached hydrogens (tertiary/aromatic N) is 1. The summed E-state index contributed by atoms with van der Waals surface area (Å²) in [6.45, 7) is 3.61. The third kappa shape index (κ3) is 6.28. The van der Waals surface area contributed by atoms with Crippen molar-refractivity contribution in [3.8, 4) is 16.9 Å². The van der Waals surface area contributed by atoms with E-state index in [1.165, 1.54) is 31.3 Å². The van der Waals surface area contributed by atoms with Gasteiger partial charge in [0.25, 0.3) is 5.91 Å². The number of halogens is 6. The van der Waals surface area contributed by atoms with Crippen molar-refractivity contribution in [2.75, 3.05) is 6.61 Å². The minimum Gasteiger partial charge on any atom is -0.492 e. The van der Waals surface area contributed by atoms with E-state index in [2.05, 4.69) is 15.6 Å². The van der Waals surface area contributed by atoms with Gasteiger partial charge in [-0.05, 0) is 63.1 Å². The average Bonchev–Trinajstić information content (AvgIpc) is 3.65. The highest BCUT2D eigenvalue weighted by molar-refractivity contribution is 6.36. The van der Waals surface area contributed by atoms with Crippen molar-refractivity contribution < 1.29 is 31.9 Å². The molecule has 12 heteroatoms. The van der Waals surface area contributed by atoms with Crippen molar-refractivity contribution in [1.82, 2.24) is 15.6 Å². The van der Waals surface area contributed by atoms with E-state index in [0.29, 0.717) is 28.5 Å². The number of amides is 2. The fourth-order valence-electron chi connectivity index (χ4n) is 4.04. The van der Waals surface area contributed by atoms with Crippen LogP contribution in [0, 0.1) is 5.82 Å². The maximum atomic E-state index is 15.2. The van der Waals surface area contributed by atoms with Crippen LogP contribution in [0.3, 0.4) is 0 Å². The minimum atomic E-state index is -4.61. The van der Waals surface area contributed by atoms with Gasteiger partial charge in [0, 0.05) is 27.9 Å². The van der Waals surface area contributed by atoms with Crippen LogP contribution >= 0.6 is 23.2 Å². The first kappa shape index (κ1) is 28.6. The maximum absolute atomic E-state index is 15.2. The number of carbonyl (C=O) groups is 2. The molecule has 1 aliphatic carbocycles. The third-order valence-electron chi connectivity index (χ3n) is 6.22. The van der Waals surface area contributed by atoms with Gasteiger partial charge in [0.05, 0.1) is 28.9 Å². The smallest absolute Gasteiger partial charge is 0.416 e. The van der Waals surface area contributed by atoms with Crippen LogP contribution in [0.15, 0.2) is 48.7 Å². The Labute approximate surface area is 231 Å². The van der Waals surface area contributed by atoms with Crippen molar-refractivity contribution in [2.45, 2.75) is 44.4 Å². The molecule has 3 aromatic rings. The fraction of sp³-hybridized carbons (Fsp3) is 0.296. The summed E-state index contributed by atoms with van der Waals surface area (Å²) < 4.78 is 59.8. The van der Waals surface area contributed by atoms with E-state index < -0.39 is 41.0 Å². The number of hydrogen-bond donors (Lipinski definition) is 2. The van der Waals surface area contributed by atoms with E-state index >= 15 is 4.39 Å². The van der Waals surface area contributed by atoms with Crippen molar-refractivity contribution in [2.24, 2.45) is 0 Å². The molecule has 2 amide bonds. The van der Waals surface area contributed by atoms with Crippen molar-refractivity contribution in [1.29, 1.82) is 0 Å². The Morgan fingerprint density at radius 2 is 1.87 bits per heavy atom. The van der Waals surface area contributed by atoms with E-state index in [1.54, 1.807) is 13.0 Å². The molecule has 0 radical (unpaired) electrons. The van der Waals surface area contributed by atoms with Gasteiger partial charge in [-0.2, -0.15) is 13.2 Å². The number of nitrogens with one attached hydrogen (secondary N) is 2. The summed E-state index contributed by atoms with van der Waals surface area (Å²) in [6.07, 6.45) is -2.66. The average molecular weight is 584 g/mol. The zero-order valence-electron chi connectivity index (χ0n) is 20.8. The number of alkyl halides is 3. The first-order valence-electron chi connectivity index (χ1n) is 11.9. The Hall–Kier alpha value is -3.37. The van der Waals surface area contributed by atoms with Crippen LogP contribution in [0.2, 0.25) is 10.0 Å². The Bertz CT molecular complexity index is 1430. The zero-order chi connectivity index (χ0) is 28.5. The van der Waals surface area contributed by atoms with Crippen molar-refractivity contribution in [3.63, 3.8) is 0 Å². The van der Waals surface area contributed by atoms with E-state index in [4.69, 9.17) is 27.9 Å². The Kier molecular flexibility index (Phi) is 8.09. The molecule has 1 atom stereocenters. The molecule has 2 N–H and O–H groups in total. The van der Waals surface area contributed by atoms with E-state index in [9.17, 15) is 22.8 Å². The van der Waals surface area contributed by atoms with Gasteiger partial charge in [-0.1, -0.05) is 29.3 Å². The molecule has 1 saturated carbocycles. The normalized spacial score (nSPS) is 14.9. The van der Waals surface area contributed by atoms with E-state index in [1.807, 2.05) is 0 Å². The summed E-state index contributed by atoms with van der Waals surface area (Å²) in [7, 11) is 0. The Morgan fingerprint density at radius 3 is 2.49 bits per heavy atom. The van der Waals surface area contributed by atoms with Gasteiger partial charge in [0.2, 0.25) is 5.91 Å². The van der Waals surface area contributed by atoms with Crippen LogP contribution in [-0.4, -0.2) is 28.9 Å². The number of ether oxygens (including phenoxy) is 1. The molecule has 2 aromatic carbocycles. The summed E-state index contributed by atoms with van der Waals surface area (Å²) in [6, 6.07) is 7.33. The minimum absolute atomic E-state index is 0.0572. The lowest BCUT2D eigenvalue weighted by molar-refractivity contribution is -0.137. The molecular formula is C27H23Cl2F4N3O3. The second kappa shape index (κ2) is 11.0. The highest BCUT2D eigenvalue weighted by Gasteiger charge is 2.51. The molecule has 1 aromatic heterocycles. The molecule has 6 nitrogen and oxygen atoms in total. The largest absolute Gasteiger partial charge is 0.492 e. The predicted octanol–water partition coefficient (Wildman–Crippen LogP) is 6.75. The highest BCUT2D eigenvalue weighted by Crippen LogP contribution is 2.40. The van der Waals surface area contributed by atoms with Gasteiger partial charge >= 0.3 is 6.18 Å². The lowest BCUT2D eigenvalue weighted by atomic mass is 10.0. The molecule has 0 bridgehead atoms. The van der Waals surface area contributed by atoms with Gasteiger partial charge in [0.1, 0.15) is 17.1 Å². The molecule has 39 heavy (non-hydrogen) atoms. The SMILES string of the molecule is CCOc1c(Cl)cc(Cl)cc1-c1cnc([C@@H](C)NC(=O)C2(NC(=O)c3cccc(C(F)(F)F)c3)CC2)c(F)c1. The van der Waals surface area contributed by atoms with Crippen molar-refractivity contribution >= 4 is 35.0 Å². The summed E-state index contributed by atoms with van der Waals surface area (Å²) >= 11 is 12.4. The summed E-state index contributed by atoms with van der Waals surface area (Å²) in [4.78, 5) is 29.8. The molecule has 0 spiro atoms. The van der Waals surface area contributed by atoms with Gasteiger partial charge in [-0.3, -0.25) is 14.6 Å². The van der Waals surface area contributed by atoms with Crippen molar-refractivity contribution in [3.05, 3.63) is 81.3 Å². The molecule has 0 aliphatic heterocycles. The molecule has 1 fully saturated rings. The second-order valence-corrected chi connectivity index (χ2v) is 9.94. The summed E-state index contributed by atoms with van der Waals surface area (Å²) in [5, 5.41) is 5.74. The molecule has 4 rings (SSSR count). The summed E-state index contributed by atoms with van der Waals surface area (Å²) in [5.74, 6) is -1.80. The van der Waals surface area contributed by atoms with Gasteiger partial charge in [-0.15, -0.1) is 0 Å². The van der Waals surface area contributed by atoms with Gasteiger partial charge in [0.15, 0.2) is 0 Å². The second-order valence-electron chi connectivity index (χ2n) is 9.10. The predicted molar refractivity (Wildman–Crippen MR) is 138 cm³/mol. The number of rotatable bonds is 8. The number of aromatic nitrogens is 1. The maximum Gasteiger partial charge on any atom is 0.416 e. The Balaban J connectivity index is 1.48. The number of hydrogen-bond acceptors (Lipinski definition) is 4. The highest BCUT2D eigenvalue weighted by atomic mass is 35.5. The van der Waals surface area contributed by atoms with Crippen LogP contribution in [0.4, 0.5) is 17.6 Å². The standard InChI is InChI=1S/C27H23Cl2F4N3O3/c1-3-39-23-19(11-18(28)12-20(23)29)16-10-21(30)22(34-13-16)14(2)35-25(38)26(7-8-26)36-24(37)15-5-4-6-17(9-15)27(31,32)33/h4-6,9-14H,3,7-8H2,1-2H3,(H,35,38)(H,36,37)/t14-/m1/s1. The first-order valence-corrected chi connectivity index (χ1v) is 12.7. The molecule has 1 heterocycles. The monoisotopic (exact) mass is 583 g/mol. The van der Waals surface area contributed by atoms with Gasteiger partial charge in [-0.25, -0.2) is 4.39 Å². The lowest BCUT2D eigenvalue weighted by Gasteiger charge is -2.21. The topological polar surface area (TPSA) is 80.3 Å². The van der Waals surface area contributed by atoms with E-state index in [-0.39, 0.29) is 29.1 Å². The Morgan fingerprint density at radius 1 is 1.15 bits per heavy atom. The molecule has 0 unspecified atom stereocenters. The number of benzene rings is 2. The quantitative estimate of drug-likeness (QED) is 0.287. The van der Waals surface area contributed by atoms with Crippen LogP contribution in [-0.2, 0) is 11.0 Å². The van der Waals surface area contributed by atoms with Crippen LogP contribution in [0.1, 0.15) is 54.3 Å². The molecule has 0 saturated heterocycles. The van der Waals surface area contributed by atoms with Crippen LogP contribution < -0.4 is 15.4 Å². The number of carbonyl (C=O) groups excluding carboxylic acids is 2. The molecular weight excluding hydrogens is 561 g/mol. The molecule has 1 aliphatic rings. The fourth-order valence-corrected chi connectivity index (χ4v) is 4.59. The van der Waals surface area contributed by atoms with E-state index in [0.717, 1.165) is 18.2 Å². The van der Waals surface area contributed by atoms with Crippen LogP contribution in [0.25, 0.3) is 11.1 Å². The third-order valence-corrected chi connectivity index (χ3v) is 6.72. The first-order chi connectivity index (χ1) is 18.3. The lowest BCUT2D eigenvalue weighted by Crippen LogP contribution is -2.49. The number of pyridine rings is 1. The van der Waals surface area contributed by atoms with Gasteiger partial charge < -0.3 is 15.4 Å². The molecule has 206 valence electrons.